The number of carbonyl (C=O) groups excluding carboxylic acids is 1. The summed E-state index contributed by atoms with van der Waals surface area (Å²) in [6.07, 6.45) is 4.77. The van der Waals surface area contributed by atoms with Crippen LogP contribution in [0.5, 0.6) is 11.5 Å². The van der Waals surface area contributed by atoms with E-state index < -0.39 is 19.1 Å². The zero-order valence-corrected chi connectivity index (χ0v) is 17.0. The predicted molar refractivity (Wildman–Crippen MR) is 107 cm³/mol. The minimum Gasteiger partial charge on any atom is -0.493 e. The van der Waals surface area contributed by atoms with Gasteiger partial charge in [-0.15, -0.1) is 0 Å². The molecule has 12 heteroatoms. The molecule has 2 aromatic heterocycles. The van der Waals surface area contributed by atoms with Crippen LogP contribution in [-0.4, -0.2) is 34.2 Å². The lowest BCUT2D eigenvalue weighted by atomic mass is 10.1. The van der Waals surface area contributed by atoms with Gasteiger partial charge in [0.25, 0.3) is 0 Å². The molecule has 0 aliphatic carbocycles. The molecule has 1 N–H and O–H groups in total. The molecular formula is C19H16F4N4O3S. The maximum Gasteiger partial charge on any atom is 0.387 e. The van der Waals surface area contributed by atoms with Crippen LogP contribution in [0.3, 0.4) is 0 Å². The van der Waals surface area contributed by atoms with Crippen LogP contribution in [0.1, 0.15) is 17.8 Å². The highest BCUT2D eigenvalue weighted by atomic mass is 32.1. The Balaban J connectivity index is 1.78. The van der Waals surface area contributed by atoms with Gasteiger partial charge in [-0.2, -0.15) is 17.6 Å². The summed E-state index contributed by atoms with van der Waals surface area (Å²) in [6.45, 7) is -4.24. The third-order valence-corrected chi connectivity index (χ3v) is 5.03. The van der Waals surface area contributed by atoms with Crippen molar-refractivity contribution in [3.05, 3.63) is 47.9 Å². The number of ether oxygens (including phenoxy) is 2. The summed E-state index contributed by atoms with van der Waals surface area (Å²) in [5.74, 6) is -0.706. The van der Waals surface area contributed by atoms with E-state index in [1.54, 1.807) is 13.0 Å². The standard InChI is InChI=1S/C19H16F4N4O3S/c1-10-15(16-24-8-9-27(16)17(20)21)31-19(25-10)26-13(28)7-6-11-4-3-5-12(29-2)14(11)30-18(22)23/h3-9,17-18H,1-2H3,(H,25,26,28)/b7-6+. The van der Waals surface area contributed by atoms with Crippen LogP contribution in [-0.2, 0) is 4.79 Å². The summed E-state index contributed by atoms with van der Waals surface area (Å²) >= 11 is 0.979. The van der Waals surface area contributed by atoms with Gasteiger partial charge in [-0.05, 0) is 19.1 Å². The first-order chi connectivity index (χ1) is 14.8. The Morgan fingerprint density at radius 2 is 2.06 bits per heavy atom. The minimum atomic E-state index is -3.07. The first-order valence-electron chi connectivity index (χ1n) is 8.69. The fraction of sp³-hybridized carbons (Fsp3) is 0.211. The third kappa shape index (κ3) is 5.20. The summed E-state index contributed by atoms with van der Waals surface area (Å²) in [5.41, 5.74) is 0.613. The number of anilines is 1. The average molecular weight is 456 g/mol. The number of halogens is 4. The van der Waals surface area contributed by atoms with E-state index in [2.05, 4.69) is 20.0 Å². The Bertz CT molecular complexity index is 1100. The number of para-hydroxylation sites is 1. The Morgan fingerprint density at radius 1 is 1.29 bits per heavy atom. The number of alkyl halides is 4. The van der Waals surface area contributed by atoms with Gasteiger partial charge in [-0.25, -0.2) is 9.97 Å². The highest BCUT2D eigenvalue weighted by molar-refractivity contribution is 7.19. The molecular weight excluding hydrogens is 440 g/mol. The van der Waals surface area contributed by atoms with Crippen LogP contribution in [0.15, 0.2) is 36.7 Å². The van der Waals surface area contributed by atoms with E-state index in [1.165, 1.54) is 31.5 Å². The summed E-state index contributed by atoms with van der Waals surface area (Å²) in [7, 11) is 1.30. The van der Waals surface area contributed by atoms with Crippen molar-refractivity contribution in [2.75, 3.05) is 12.4 Å². The monoisotopic (exact) mass is 456 g/mol. The number of imidazole rings is 1. The number of carbonyl (C=O) groups is 1. The van der Waals surface area contributed by atoms with Crippen molar-refractivity contribution >= 4 is 28.5 Å². The highest BCUT2D eigenvalue weighted by Gasteiger charge is 2.19. The van der Waals surface area contributed by atoms with Crippen LogP contribution >= 0.6 is 11.3 Å². The molecule has 0 saturated heterocycles. The molecule has 3 aromatic rings. The van der Waals surface area contributed by atoms with Crippen LogP contribution in [0.4, 0.5) is 22.7 Å². The number of aromatic nitrogens is 3. The lowest BCUT2D eigenvalue weighted by Crippen LogP contribution is -2.08. The van der Waals surface area contributed by atoms with Gasteiger partial charge >= 0.3 is 13.2 Å². The third-order valence-electron chi connectivity index (χ3n) is 3.96. The maximum atomic E-state index is 13.1. The largest absolute Gasteiger partial charge is 0.493 e. The molecule has 0 unspecified atom stereocenters. The number of benzene rings is 1. The predicted octanol–water partition coefficient (Wildman–Crippen LogP) is 4.97. The van der Waals surface area contributed by atoms with Gasteiger partial charge < -0.3 is 9.47 Å². The smallest absolute Gasteiger partial charge is 0.387 e. The summed E-state index contributed by atoms with van der Waals surface area (Å²) in [5, 5.41) is 2.68. The fourth-order valence-corrected chi connectivity index (χ4v) is 3.63. The minimum absolute atomic E-state index is 0.0335. The zero-order valence-electron chi connectivity index (χ0n) is 16.2. The van der Waals surface area contributed by atoms with Crippen molar-refractivity contribution in [1.29, 1.82) is 0 Å². The molecule has 3 rings (SSSR count). The lowest BCUT2D eigenvalue weighted by Gasteiger charge is -2.12. The molecule has 7 nitrogen and oxygen atoms in total. The molecule has 31 heavy (non-hydrogen) atoms. The van der Waals surface area contributed by atoms with E-state index >= 15 is 0 Å². The molecule has 2 heterocycles. The van der Waals surface area contributed by atoms with Crippen LogP contribution in [0, 0.1) is 6.92 Å². The normalized spacial score (nSPS) is 11.5. The van der Waals surface area contributed by atoms with Gasteiger partial charge in [0, 0.05) is 24.0 Å². The molecule has 0 spiro atoms. The fourth-order valence-electron chi connectivity index (χ4n) is 2.66. The molecule has 0 radical (unpaired) electrons. The Kier molecular flexibility index (Phi) is 6.90. The summed E-state index contributed by atoms with van der Waals surface area (Å²) in [4.78, 5) is 20.7. The number of nitrogens with zero attached hydrogens (tertiary/aromatic N) is 3. The van der Waals surface area contributed by atoms with E-state index in [4.69, 9.17) is 4.74 Å². The second-order valence-corrected chi connectivity index (χ2v) is 6.95. The van der Waals surface area contributed by atoms with E-state index in [1.807, 2.05) is 0 Å². The van der Waals surface area contributed by atoms with Crippen LogP contribution in [0.2, 0.25) is 0 Å². The highest BCUT2D eigenvalue weighted by Crippen LogP contribution is 2.34. The van der Waals surface area contributed by atoms with Gasteiger partial charge in [0.2, 0.25) is 5.91 Å². The molecule has 0 bridgehead atoms. The van der Waals surface area contributed by atoms with Crippen molar-refractivity contribution in [3.63, 3.8) is 0 Å². The zero-order chi connectivity index (χ0) is 22.5. The topological polar surface area (TPSA) is 78.3 Å². The second-order valence-electron chi connectivity index (χ2n) is 5.95. The summed E-state index contributed by atoms with van der Waals surface area (Å²) < 4.78 is 61.7. The second kappa shape index (κ2) is 9.60. The Hall–Kier alpha value is -3.41. The first-order valence-corrected chi connectivity index (χ1v) is 9.51. The molecule has 0 saturated carbocycles. The van der Waals surface area contributed by atoms with E-state index in [0.717, 1.165) is 23.6 Å². The number of nitrogens with one attached hydrogen (secondary N) is 1. The molecule has 164 valence electrons. The molecule has 1 aromatic carbocycles. The molecule has 0 aliphatic heterocycles. The number of hydrogen-bond donors (Lipinski definition) is 1. The molecule has 0 atom stereocenters. The number of thiazole rings is 1. The number of methoxy groups -OCH3 is 1. The van der Waals surface area contributed by atoms with Gasteiger partial charge in [0.1, 0.15) is 0 Å². The van der Waals surface area contributed by atoms with Crippen LogP contribution < -0.4 is 14.8 Å². The van der Waals surface area contributed by atoms with Crippen molar-refractivity contribution < 1.29 is 31.8 Å². The van der Waals surface area contributed by atoms with Gasteiger partial charge in [-0.1, -0.05) is 23.5 Å². The molecule has 0 fully saturated rings. The quantitative estimate of drug-likeness (QED) is 0.383. The number of aryl methyl sites for hydroxylation is 1. The lowest BCUT2D eigenvalue weighted by molar-refractivity contribution is -0.111. The summed E-state index contributed by atoms with van der Waals surface area (Å²) in [6, 6.07) is 4.47. The van der Waals surface area contributed by atoms with Gasteiger partial charge in [0.05, 0.1) is 17.7 Å². The number of amides is 1. The SMILES string of the molecule is COc1cccc(/C=C/C(=O)Nc2nc(C)c(-c3nccn3C(F)F)s2)c1OC(F)F. The maximum absolute atomic E-state index is 13.1. The van der Waals surface area contributed by atoms with Crippen molar-refractivity contribution in [1.82, 2.24) is 14.5 Å². The average Bonchev–Trinajstić information content (AvgIpc) is 3.33. The first kappa shape index (κ1) is 22.3. The van der Waals surface area contributed by atoms with E-state index in [0.29, 0.717) is 15.1 Å². The number of hydrogen-bond acceptors (Lipinski definition) is 6. The van der Waals surface area contributed by atoms with Crippen molar-refractivity contribution in [2.24, 2.45) is 0 Å². The molecule has 1 amide bonds. The Labute approximate surface area is 178 Å². The van der Waals surface area contributed by atoms with Crippen molar-refractivity contribution in [3.8, 4) is 22.2 Å². The number of rotatable bonds is 8. The van der Waals surface area contributed by atoms with Crippen molar-refractivity contribution in [2.45, 2.75) is 20.1 Å². The van der Waals surface area contributed by atoms with Crippen LogP contribution in [0.25, 0.3) is 16.8 Å². The van der Waals surface area contributed by atoms with Gasteiger partial charge in [-0.3, -0.25) is 14.7 Å². The van der Waals surface area contributed by atoms with Gasteiger partial charge in [0.15, 0.2) is 22.5 Å². The molecule has 0 aliphatic rings. The Morgan fingerprint density at radius 3 is 2.74 bits per heavy atom. The van der Waals surface area contributed by atoms with E-state index in [9.17, 15) is 22.4 Å². The van der Waals surface area contributed by atoms with E-state index in [-0.39, 0.29) is 28.0 Å².